The molecule has 2 aromatic rings. The number of oxazole rings is 1. The third kappa shape index (κ3) is 3.08. The average molecular weight is 357 g/mol. The molecule has 0 saturated heterocycles. The second-order valence-corrected chi connectivity index (χ2v) is 5.07. The van der Waals surface area contributed by atoms with Crippen LogP contribution >= 0.6 is 22.6 Å². The number of hydrogen-bond acceptors (Lipinski definition) is 4. The van der Waals surface area contributed by atoms with Gasteiger partial charge in [-0.25, -0.2) is 4.98 Å². The van der Waals surface area contributed by atoms with Crippen molar-refractivity contribution < 1.29 is 9.21 Å². The Bertz CT molecular complexity index is 549. The van der Waals surface area contributed by atoms with Crippen LogP contribution in [0.1, 0.15) is 29.3 Å². The van der Waals surface area contributed by atoms with Gasteiger partial charge >= 0.3 is 0 Å². The summed E-state index contributed by atoms with van der Waals surface area (Å²) in [6.45, 7) is 1.74. The van der Waals surface area contributed by atoms with Crippen LogP contribution in [0.5, 0.6) is 0 Å². The molecule has 1 heterocycles. The predicted octanol–water partition coefficient (Wildman–Crippen LogP) is 2.55. The minimum absolute atomic E-state index is 0.223. The molecule has 0 spiro atoms. The quantitative estimate of drug-likeness (QED) is 0.828. The van der Waals surface area contributed by atoms with Crippen molar-refractivity contribution in [3.05, 3.63) is 45.7 Å². The van der Waals surface area contributed by atoms with Gasteiger partial charge in [0.25, 0.3) is 5.91 Å². The van der Waals surface area contributed by atoms with Crippen LogP contribution in [0.3, 0.4) is 0 Å². The number of anilines is 1. The molecule has 0 aliphatic rings. The summed E-state index contributed by atoms with van der Waals surface area (Å²) in [6, 6.07) is 7.14. The Morgan fingerprint density at radius 1 is 1.44 bits per heavy atom. The lowest BCUT2D eigenvalue weighted by Gasteiger charge is -2.02. The predicted molar refractivity (Wildman–Crippen MR) is 76.2 cm³/mol. The summed E-state index contributed by atoms with van der Waals surface area (Å²) in [6.07, 6.45) is 1.31. The van der Waals surface area contributed by atoms with Crippen LogP contribution in [0.25, 0.3) is 0 Å². The summed E-state index contributed by atoms with van der Waals surface area (Å²) in [5.74, 6) is 0.0367. The van der Waals surface area contributed by atoms with Crippen LogP contribution in [0.4, 0.5) is 5.69 Å². The number of benzene rings is 1. The number of halogens is 1. The van der Waals surface area contributed by atoms with Crippen LogP contribution in [0.2, 0.25) is 0 Å². The van der Waals surface area contributed by atoms with Gasteiger partial charge in [0.2, 0.25) is 5.89 Å². The number of carbonyl (C=O) groups is 1. The molecule has 2 rings (SSSR count). The van der Waals surface area contributed by atoms with Gasteiger partial charge < -0.3 is 15.5 Å². The second kappa shape index (κ2) is 5.49. The molecule has 0 fully saturated rings. The van der Waals surface area contributed by atoms with Gasteiger partial charge in [0.05, 0.1) is 6.04 Å². The maximum absolute atomic E-state index is 11.9. The maximum Gasteiger partial charge on any atom is 0.277 e. The molecule has 0 aliphatic carbocycles. The summed E-state index contributed by atoms with van der Waals surface area (Å²) >= 11 is 2.20. The molecule has 1 amide bonds. The number of nitrogens with one attached hydrogen (secondary N) is 1. The monoisotopic (exact) mass is 357 g/mol. The van der Waals surface area contributed by atoms with Crippen molar-refractivity contribution in [1.29, 1.82) is 0 Å². The van der Waals surface area contributed by atoms with E-state index in [9.17, 15) is 4.79 Å². The van der Waals surface area contributed by atoms with Crippen molar-refractivity contribution in [3.63, 3.8) is 0 Å². The van der Waals surface area contributed by atoms with Crippen LogP contribution in [0.15, 0.2) is 34.9 Å². The molecule has 94 valence electrons. The van der Waals surface area contributed by atoms with Gasteiger partial charge in [-0.2, -0.15) is 0 Å². The van der Waals surface area contributed by atoms with E-state index in [1.807, 2.05) is 24.3 Å². The van der Waals surface area contributed by atoms with Crippen molar-refractivity contribution in [2.75, 3.05) is 5.32 Å². The molecule has 1 atom stereocenters. The molecular formula is C12H12IN3O2. The number of nitrogens with zero attached hydrogens (tertiary/aromatic N) is 1. The highest BCUT2D eigenvalue weighted by atomic mass is 127. The lowest BCUT2D eigenvalue weighted by molar-refractivity contribution is 0.102. The molecule has 0 aliphatic heterocycles. The SMILES string of the molecule is CC(N)c1nc(C(=O)Nc2ccc(I)cc2)co1. The van der Waals surface area contributed by atoms with Crippen molar-refractivity contribution in [3.8, 4) is 0 Å². The summed E-state index contributed by atoms with van der Waals surface area (Å²) in [7, 11) is 0. The normalized spacial score (nSPS) is 12.2. The fourth-order valence-electron chi connectivity index (χ4n) is 1.33. The van der Waals surface area contributed by atoms with Crippen molar-refractivity contribution >= 4 is 34.2 Å². The van der Waals surface area contributed by atoms with Gasteiger partial charge in [0.1, 0.15) is 6.26 Å². The first-order chi connectivity index (χ1) is 8.56. The van der Waals surface area contributed by atoms with Crippen molar-refractivity contribution in [2.45, 2.75) is 13.0 Å². The topological polar surface area (TPSA) is 81.1 Å². The minimum Gasteiger partial charge on any atom is -0.446 e. The maximum atomic E-state index is 11.9. The van der Waals surface area contributed by atoms with Gasteiger partial charge in [-0.3, -0.25) is 4.79 Å². The second-order valence-electron chi connectivity index (χ2n) is 3.82. The Morgan fingerprint density at radius 3 is 2.67 bits per heavy atom. The zero-order valence-corrected chi connectivity index (χ0v) is 11.8. The summed E-state index contributed by atoms with van der Waals surface area (Å²) in [4.78, 5) is 15.9. The fourth-order valence-corrected chi connectivity index (χ4v) is 1.69. The Kier molecular flexibility index (Phi) is 3.97. The average Bonchev–Trinajstić information content (AvgIpc) is 2.81. The van der Waals surface area contributed by atoms with Crippen molar-refractivity contribution in [2.24, 2.45) is 5.73 Å². The summed E-state index contributed by atoms with van der Waals surface area (Å²) in [5.41, 5.74) is 6.54. The number of nitrogens with two attached hydrogens (primary N) is 1. The molecule has 1 unspecified atom stereocenters. The molecular weight excluding hydrogens is 345 g/mol. The van der Waals surface area contributed by atoms with Gasteiger partial charge in [-0.1, -0.05) is 0 Å². The Labute approximate surface area is 118 Å². The van der Waals surface area contributed by atoms with Gasteiger partial charge in [0.15, 0.2) is 5.69 Å². The van der Waals surface area contributed by atoms with E-state index in [4.69, 9.17) is 10.2 Å². The Balaban J connectivity index is 2.09. The van der Waals surface area contributed by atoms with E-state index in [2.05, 4.69) is 32.9 Å². The first-order valence-corrected chi connectivity index (χ1v) is 6.42. The number of rotatable bonds is 3. The van der Waals surface area contributed by atoms with E-state index in [-0.39, 0.29) is 17.6 Å². The lowest BCUT2D eigenvalue weighted by atomic mass is 10.3. The van der Waals surface area contributed by atoms with Gasteiger partial charge in [0, 0.05) is 9.26 Å². The highest BCUT2D eigenvalue weighted by Gasteiger charge is 2.14. The van der Waals surface area contributed by atoms with Crippen LogP contribution in [-0.4, -0.2) is 10.9 Å². The zero-order valence-electron chi connectivity index (χ0n) is 9.68. The van der Waals surface area contributed by atoms with Gasteiger partial charge in [-0.15, -0.1) is 0 Å². The molecule has 5 nitrogen and oxygen atoms in total. The van der Waals surface area contributed by atoms with Crippen LogP contribution in [-0.2, 0) is 0 Å². The van der Waals surface area contributed by atoms with Crippen LogP contribution in [0, 0.1) is 3.57 Å². The molecule has 0 bridgehead atoms. The summed E-state index contributed by atoms with van der Waals surface area (Å²) < 4.78 is 6.21. The molecule has 1 aromatic heterocycles. The van der Waals surface area contributed by atoms with Crippen LogP contribution < -0.4 is 11.1 Å². The number of amides is 1. The third-order valence-corrected chi connectivity index (χ3v) is 2.97. The molecule has 18 heavy (non-hydrogen) atoms. The highest BCUT2D eigenvalue weighted by Crippen LogP contribution is 2.14. The first-order valence-electron chi connectivity index (χ1n) is 5.34. The number of carbonyl (C=O) groups excluding carboxylic acids is 1. The third-order valence-electron chi connectivity index (χ3n) is 2.25. The minimum atomic E-state index is -0.329. The van der Waals surface area contributed by atoms with Crippen molar-refractivity contribution in [1.82, 2.24) is 4.98 Å². The number of hydrogen-bond donors (Lipinski definition) is 2. The largest absolute Gasteiger partial charge is 0.446 e. The van der Waals surface area contributed by atoms with E-state index in [0.717, 1.165) is 3.57 Å². The molecule has 0 radical (unpaired) electrons. The van der Waals surface area contributed by atoms with E-state index < -0.39 is 0 Å². The zero-order chi connectivity index (χ0) is 13.1. The fraction of sp³-hybridized carbons (Fsp3) is 0.167. The first kappa shape index (κ1) is 13.0. The van der Waals surface area contributed by atoms with Gasteiger partial charge in [-0.05, 0) is 53.8 Å². The van der Waals surface area contributed by atoms with E-state index in [1.54, 1.807) is 6.92 Å². The lowest BCUT2D eigenvalue weighted by Crippen LogP contribution is -2.13. The molecule has 3 N–H and O–H groups in total. The number of aromatic nitrogens is 1. The Morgan fingerprint density at radius 2 is 2.11 bits per heavy atom. The van der Waals surface area contributed by atoms with E-state index in [1.165, 1.54) is 6.26 Å². The molecule has 0 saturated carbocycles. The van der Waals surface area contributed by atoms with E-state index >= 15 is 0 Å². The standard InChI is InChI=1S/C12H12IN3O2/c1-7(14)12-16-10(6-18-12)11(17)15-9-4-2-8(13)3-5-9/h2-7H,14H2,1H3,(H,15,17). The van der Waals surface area contributed by atoms with E-state index in [0.29, 0.717) is 11.6 Å². The summed E-state index contributed by atoms with van der Waals surface area (Å²) in [5, 5.41) is 2.73. The Hall–Kier alpha value is -1.41. The molecule has 1 aromatic carbocycles. The molecule has 6 heteroatoms. The highest BCUT2D eigenvalue weighted by molar-refractivity contribution is 14.1. The smallest absolute Gasteiger partial charge is 0.277 e.